The van der Waals surface area contributed by atoms with E-state index in [0.717, 1.165) is 10.9 Å². The molecule has 1 aromatic carbocycles. The van der Waals surface area contributed by atoms with E-state index in [1.807, 2.05) is 6.92 Å². The Balaban J connectivity index is 0.000000743. The number of alkyl halides is 6. The summed E-state index contributed by atoms with van der Waals surface area (Å²) in [5.74, 6) is -2.68. The maximum atomic E-state index is 13.9. The van der Waals surface area contributed by atoms with Crippen LogP contribution in [0.1, 0.15) is 43.6 Å². The second-order valence-corrected chi connectivity index (χ2v) is 13.0. The minimum Gasteiger partial charge on any atom is -0.480 e. The Morgan fingerprint density at radius 2 is 1.76 bits per heavy atom. The number of carboxylic acid groups (broad SMARTS) is 1. The molecule has 0 saturated carbocycles. The van der Waals surface area contributed by atoms with Crippen molar-refractivity contribution < 1.29 is 45.8 Å². The SMILES string of the molecule is COc1cncc(-n2cc3c(n2)-c2ccnc(c2)[C@@H](n2cnc(-c4cc(Cl)ccc4-n4cc(C(F)(F)F)nn4)cc2=O)CCC[C@@H](C)C(=O)N3)n1.O=C(O)C(F)(F)F. The van der Waals surface area contributed by atoms with Gasteiger partial charge in [0.1, 0.15) is 5.69 Å². The van der Waals surface area contributed by atoms with Crippen LogP contribution in [0.25, 0.3) is 34.0 Å². The lowest BCUT2D eigenvalue weighted by atomic mass is 9.97. The molecule has 58 heavy (non-hydrogen) atoms. The number of carbonyl (C=O) groups excluding carboxylic acids is 1. The van der Waals surface area contributed by atoms with Crippen LogP contribution in [0.2, 0.25) is 5.02 Å². The van der Waals surface area contributed by atoms with Crippen molar-refractivity contribution in [2.45, 2.75) is 44.6 Å². The van der Waals surface area contributed by atoms with Crippen molar-refractivity contribution in [1.29, 1.82) is 0 Å². The summed E-state index contributed by atoms with van der Waals surface area (Å²) in [5, 5.41) is 22.0. The van der Waals surface area contributed by atoms with Crippen molar-refractivity contribution in [1.82, 2.24) is 49.3 Å². The number of benzene rings is 1. The van der Waals surface area contributed by atoms with E-state index in [-0.39, 0.29) is 39.7 Å². The van der Waals surface area contributed by atoms with Gasteiger partial charge in [-0.3, -0.25) is 24.1 Å². The molecule has 1 amide bonds. The molecule has 0 fully saturated rings. The second-order valence-electron chi connectivity index (χ2n) is 12.6. The number of amides is 1. The number of aliphatic carboxylic acids is 1. The van der Waals surface area contributed by atoms with Gasteiger partial charge < -0.3 is 15.2 Å². The van der Waals surface area contributed by atoms with E-state index in [1.54, 1.807) is 24.5 Å². The molecule has 302 valence electrons. The summed E-state index contributed by atoms with van der Waals surface area (Å²) in [6, 6.07) is 8.67. The van der Waals surface area contributed by atoms with Gasteiger partial charge in [-0.05, 0) is 43.2 Å². The van der Waals surface area contributed by atoms with E-state index < -0.39 is 35.6 Å². The summed E-state index contributed by atoms with van der Waals surface area (Å²) in [6.07, 6.45) is 0.0707. The predicted octanol–water partition coefficient (Wildman–Crippen LogP) is 6.19. The zero-order chi connectivity index (χ0) is 41.9. The third-order valence-electron chi connectivity index (χ3n) is 8.65. The molecular formula is C35H28ClF6N11O5. The quantitative estimate of drug-likeness (QED) is 0.187. The van der Waals surface area contributed by atoms with Gasteiger partial charge in [0, 0.05) is 34.3 Å². The zero-order valence-electron chi connectivity index (χ0n) is 29.9. The molecular weight excluding hydrogens is 804 g/mol. The van der Waals surface area contributed by atoms with E-state index >= 15 is 0 Å². The number of hydrogen-bond acceptors (Lipinski definition) is 11. The molecule has 16 nitrogen and oxygen atoms in total. The number of nitrogens with zero attached hydrogens (tertiary/aromatic N) is 10. The summed E-state index contributed by atoms with van der Waals surface area (Å²) in [6.45, 7) is 1.82. The molecule has 5 aromatic heterocycles. The Labute approximate surface area is 327 Å². The second kappa shape index (κ2) is 16.4. The lowest BCUT2D eigenvalue weighted by molar-refractivity contribution is -0.192. The van der Waals surface area contributed by atoms with Crippen molar-refractivity contribution in [2.24, 2.45) is 5.92 Å². The molecule has 6 aromatic rings. The van der Waals surface area contributed by atoms with E-state index in [9.17, 15) is 35.9 Å². The van der Waals surface area contributed by atoms with Crippen molar-refractivity contribution in [3.63, 3.8) is 0 Å². The molecule has 2 bridgehead atoms. The Morgan fingerprint density at radius 1 is 1.00 bits per heavy atom. The Bertz CT molecular complexity index is 2540. The highest BCUT2D eigenvalue weighted by Gasteiger charge is 2.38. The number of methoxy groups -OCH3 is 1. The maximum absolute atomic E-state index is 13.9. The molecule has 0 saturated heterocycles. The highest BCUT2D eigenvalue weighted by Crippen LogP contribution is 2.34. The van der Waals surface area contributed by atoms with Crippen LogP contribution >= 0.6 is 11.6 Å². The van der Waals surface area contributed by atoms with Crippen LogP contribution in [0.3, 0.4) is 0 Å². The number of carbonyl (C=O) groups is 2. The lowest BCUT2D eigenvalue weighted by Gasteiger charge is -2.22. The number of rotatable bonds is 5. The number of halogens is 7. The van der Waals surface area contributed by atoms with Crippen molar-refractivity contribution in [3.8, 4) is 39.9 Å². The van der Waals surface area contributed by atoms with Crippen LogP contribution in [0, 0.1) is 5.92 Å². The van der Waals surface area contributed by atoms with Crippen molar-refractivity contribution in [3.05, 3.63) is 100 Å². The molecule has 2 atom stereocenters. The Morgan fingerprint density at radius 3 is 2.43 bits per heavy atom. The van der Waals surface area contributed by atoms with E-state index in [2.05, 4.69) is 35.6 Å². The van der Waals surface area contributed by atoms with Gasteiger partial charge in [0.15, 0.2) is 11.5 Å². The van der Waals surface area contributed by atoms with E-state index in [1.165, 1.54) is 59.3 Å². The molecule has 23 heteroatoms. The number of pyridine rings is 1. The smallest absolute Gasteiger partial charge is 0.480 e. The minimum absolute atomic E-state index is 0.161. The van der Waals surface area contributed by atoms with Gasteiger partial charge in [0.05, 0.1) is 67.0 Å². The van der Waals surface area contributed by atoms with Gasteiger partial charge in [-0.2, -0.15) is 36.4 Å². The van der Waals surface area contributed by atoms with Gasteiger partial charge in [-0.25, -0.2) is 19.1 Å². The largest absolute Gasteiger partial charge is 0.490 e. The van der Waals surface area contributed by atoms with Crippen LogP contribution in [-0.4, -0.2) is 79.5 Å². The summed E-state index contributed by atoms with van der Waals surface area (Å²) < 4.78 is 80.7. The van der Waals surface area contributed by atoms with Crippen LogP contribution < -0.4 is 15.6 Å². The fourth-order valence-corrected chi connectivity index (χ4v) is 5.94. The van der Waals surface area contributed by atoms with Gasteiger partial charge in [-0.1, -0.05) is 30.2 Å². The predicted molar refractivity (Wildman–Crippen MR) is 191 cm³/mol. The lowest BCUT2D eigenvalue weighted by Crippen LogP contribution is -2.27. The number of nitrogens with one attached hydrogen (secondary N) is 1. The minimum atomic E-state index is -5.08. The first-order valence-corrected chi connectivity index (χ1v) is 17.2. The van der Waals surface area contributed by atoms with E-state index in [4.69, 9.17) is 31.3 Å². The summed E-state index contributed by atoms with van der Waals surface area (Å²) in [5.41, 5.74) is 1.06. The first-order valence-electron chi connectivity index (χ1n) is 16.8. The number of fused-ring (bicyclic) bond motifs is 4. The molecule has 1 aliphatic heterocycles. The Kier molecular flexibility index (Phi) is 11.6. The zero-order valence-corrected chi connectivity index (χ0v) is 30.7. The maximum Gasteiger partial charge on any atom is 0.490 e. The Hall–Kier alpha value is -6.71. The molecule has 0 spiro atoms. The first kappa shape index (κ1) is 40.9. The molecule has 0 radical (unpaired) electrons. The fraction of sp³-hybridized carbons (Fsp3) is 0.257. The van der Waals surface area contributed by atoms with Gasteiger partial charge in [-0.15, -0.1) is 5.10 Å². The number of carboxylic acids is 1. The highest BCUT2D eigenvalue weighted by molar-refractivity contribution is 6.31. The summed E-state index contributed by atoms with van der Waals surface area (Å²) in [4.78, 5) is 53.8. The summed E-state index contributed by atoms with van der Waals surface area (Å²) in [7, 11) is 1.48. The third kappa shape index (κ3) is 9.12. The number of aromatic nitrogens is 10. The topological polar surface area (TPSA) is 198 Å². The highest BCUT2D eigenvalue weighted by atomic mass is 35.5. The molecule has 1 aliphatic rings. The van der Waals surface area contributed by atoms with Gasteiger partial charge >= 0.3 is 18.3 Å². The van der Waals surface area contributed by atoms with Crippen LogP contribution in [0.4, 0.5) is 32.0 Å². The molecule has 7 rings (SSSR count). The normalized spacial score (nSPS) is 15.8. The molecule has 0 aliphatic carbocycles. The van der Waals surface area contributed by atoms with Crippen molar-refractivity contribution >= 4 is 29.2 Å². The van der Waals surface area contributed by atoms with Crippen molar-refractivity contribution in [2.75, 3.05) is 12.4 Å². The molecule has 2 N–H and O–H groups in total. The fourth-order valence-electron chi connectivity index (χ4n) is 5.77. The van der Waals surface area contributed by atoms with Gasteiger partial charge in [0.2, 0.25) is 11.8 Å². The first-order chi connectivity index (χ1) is 27.4. The molecule has 6 heterocycles. The number of anilines is 1. The monoisotopic (exact) mass is 831 g/mol. The molecule has 0 unspecified atom stereocenters. The summed E-state index contributed by atoms with van der Waals surface area (Å²) >= 11 is 6.27. The van der Waals surface area contributed by atoms with Crippen LogP contribution in [0.5, 0.6) is 5.88 Å². The number of hydrogen-bond donors (Lipinski definition) is 2. The third-order valence-corrected chi connectivity index (χ3v) is 8.89. The number of ether oxygens (including phenoxy) is 1. The average molecular weight is 832 g/mol. The van der Waals surface area contributed by atoms with Crippen LogP contribution in [0.15, 0.2) is 78.5 Å². The average Bonchev–Trinajstić information content (AvgIpc) is 3.85. The van der Waals surface area contributed by atoms with Gasteiger partial charge in [0.25, 0.3) is 5.56 Å². The van der Waals surface area contributed by atoms with E-state index in [0.29, 0.717) is 47.7 Å². The standard InChI is InChI=1S/C33H27ClF3N11O3.C2HF3O2/c1-18-4-3-5-26(23-10-19(8-9-39-23)31-24(41-32(18)50)15-48(44-31)28-13-38-14-29(42-28)51-2)46-17-40-22(12-30(46)49)21-11-20(34)6-7-25(21)47-16-27(43-45-47)33(35,36)37;3-2(4,5)1(6)7/h6-18,26H,3-5H2,1-2H3,(H,41,50);(H,6,7)/t18-,26+;/m1./s1. The van der Waals surface area contributed by atoms with Crippen LogP contribution in [-0.2, 0) is 15.8 Å².